The molecule has 1 fully saturated rings. The van der Waals surface area contributed by atoms with Gasteiger partial charge in [0.2, 0.25) is 17.7 Å². The number of carbonyl (C=O) groups excluding carboxylic acids is 2. The molecule has 0 saturated carbocycles. The maximum absolute atomic E-state index is 12.7. The molecule has 0 radical (unpaired) electrons. The van der Waals surface area contributed by atoms with Crippen molar-refractivity contribution in [1.29, 1.82) is 0 Å². The van der Waals surface area contributed by atoms with E-state index in [4.69, 9.17) is 16.3 Å². The third kappa shape index (κ3) is 6.43. The van der Waals surface area contributed by atoms with Crippen LogP contribution in [-0.4, -0.2) is 34.8 Å². The van der Waals surface area contributed by atoms with Crippen LogP contribution in [0.5, 0.6) is 11.6 Å². The van der Waals surface area contributed by atoms with E-state index in [0.717, 1.165) is 5.56 Å². The number of benzene rings is 2. The second-order valence-corrected chi connectivity index (χ2v) is 8.21. The molecular weight excluding hydrogens is 438 g/mol. The predicted octanol–water partition coefficient (Wildman–Crippen LogP) is 5.42. The van der Waals surface area contributed by atoms with E-state index in [1.165, 1.54) is 0 Å². The van der Waals surface area contributed by atoms with E-state index in [0.29, 0.717) is 48.3 Å². The molecule has 2 heterocycles. The average Bonchev–Trinajstić information content (AvgIpc) is 2.86. The molecule has 0 atom stereocenters. The highest BCUT2D eigenvalue weighted by Gasteiger charge is 2.26. The maximum atomic E-state index is 12.7. The van der Waals surface area contributed by atoms with Crippen molar-refractivity contribution in [1.82, 2.24) is 9.88 Å². The first-order chi connectivity index (χ1) is 16.1. The van der Waals surface area contributed by atoms with Crippen LogP contribution in [0, 0.1) is 5.92 Å². The molecule has 0 spiro atoms. The van der Waals surface area contributed by atoms with Gasteiger partial charge in [-0.2, -0.15) is 0 Å². The predicted molar refractivity (Wildman–Crippen MR) is 129 cm³/mol. The van der Waals surface area contributed by atoms with Crippen molar-refractivity contribution in [2.24, 2.45) is 5.92 Å². The lowest BCUT2D eigenvalue weighted by Crippen LogP contribution is -2.40. The molecule has 6 nitrogen and oxygen atoms in total. The molecular formula is C26H24ClN3O3. The molecule has 2 aromatic carbocycles. The summed E-state index contributed by atoms with van der Waals surface area (Å²) in [6.45, 7) is 1.12. The number of carbonyl (C=O) groups is 2. The van der Waals surface area contributed by atoms with Crippen LogP contribution in [-0.2, 0) is 9.59 Å². The Bertz CT molecular complexity index is 1110. The largest absolute Gasteiger partial charge is 0.439 e. The fourth-order valence-electron chi connectivity index (χ4n) is 3.58. The number of pyridine rings is 1. The van der Waals surface area contributed by atoms with Gasteiger partial charge in [0.05, 0.1) is 11.9 Å². The molecule has 4 rings (SSSR count). The Balaban J connectivity index is 1.24. The first-order valence-electron chi connectivity index (χ1n) is 10.8. The van der Waals surface area contributed by atoms with Crippen LogP contribution in [0.1, 0.15) is 18.4 Å². The van der Waals surface area contributed by atoms with Gasteiger partial charge in [-0.05, 0) is 54.8 Å². The van der Waals surface area contributed by atoms with E-state index in [1.54, 1.807) is 53.6 Å². The SMILES string of the molecule is O=C(Nc1ccc(Oc2ccc(Cl)cc2)nc1)C1CCN(C(=O)/C=C/c2ccccc2)CC1. The summed E-state index contributed by atoms with van der Waals surface area (Å²) in [5, 5.41) is 3.54. The van der Waals surface area contributed by atoms with E-state index in [2.05, 4.69) is 10.3 Å². The number of hydrogen-bond donors (Lipinski definition) is 1. The Labute approximate surface area is 197 Å². The standard InChI is InChI=1S/C26H24ClN3O3/c27-21-7-10-23(11-8-21)33-24-12-9-22(18-28-24)29-26(32)20-14-16-30(17-15-20)25(31)13-6-19-4-2-1-3-5-19/h1-13,18,20H,14-17H2,(H,29,32)/b13-6+. The first kappa shape index (κ1) is 22.6. The number of ether oxygens (including phenoxy) is 1. The zero-order chi connectivity index (χ0) is 23.0. The molecule has 2 amide bonds. The number of likely N-dealkylation sites (tertiary alicyclic amines) is 1. The zero-order valence-electron chi connectivity index (χ0n) is 18.0. The topological polar surface area (TPSA) is 71.5 Å². The summed E-state index contributed by atoms with van der Waals surface area (Å²) in [5.74, 6) is 0.819. The zero-order valence-corrected chi connectivity index (χ0v) is 18.7. The molecule has 1 aromatic heterocycles. The normalized spacial score (nSPS) is 14.3. The summed E-state index contributed by atoms with van der Waals surface area (Å²) in [6, 6.07) is 20.2. The minimum absolute atomic E-state index is 0.0295. The Kier molecular flexibility index (Phi) is 7.37. The van der Waals surface area contributed by atoms with Crippen LogP contribution in [0.3, 0.4) is 0 Å². The van der Waals surface area contributed by atoms with E-state index in [-0.39, 0.29) is 17.7 Å². The van der Waals surface area contributed by atoms with Gasteiger partial charge in [-0.25, -0.2) is 4.98 Å². The van der Waals surface area contributed by atoms with Crippen molar-refractivity contribution in [2.45, 2.75) is 12.8 Å². The number of nitrogens with zero attached hydrogens (tertiary/aromatic N) is 2. The Morgan fingerprint density at radius 2 is 1.73 bits per heavy atom. The monoisotopic (exact) mass is 461 g/mol. The molecule has 1 aliphatic rings. The van der Waals surface area contributed by atoms with Crippen molar-refractivity contribution in [2.75, 3.05) is 18.4 Å². The van der Waals surface area contributed by atoms with Gasteiger partial charge in [0.1, 0.15) is 5.75 Å². The number of halogens is 1. The highest BCUT2D eigenvalue weighted by molar-refractivity contribution is 6.30. The minimum Gasteiger partial charge on any atom is -0.439 e. The van der Waals surface area contributed by atoms with E-state index < -0.39 is 0 Å². The molecule has 0 unspecified atom stereocenters. The molecule has 7 heteroatoms. The van der Waals surface area contributed by atoms with Gasteiger partial charge >= 0.3 is 0 Å². The molecule has 168 valence electrons. The summed E-state index contributed by atoms with van der Waals surface area (Å²) in [7, 11) is 0. The van der Waals surface area contributed by atoms with Gasteiger partial charge in [0.15, 0.2) is 0 Å². The molecule has 1 aliphatic heterocycles. The van der Waals surface area contributed by atoms with Gasteiger partial charge in [0.25, 0.3) is 0 Å². The Morgan fingerprint density at radius 3 is 2.39 bits per heavy atom. The van der Waals surface area contributed by atoms with Gasteiger partial charge < -0.3 is 15.0 Å². The quantitative estimate of drug-likeness (QED) is 0.497. The molecule has 1 N–H and O–H groups in total. The minimum atomic E-state index is -0.142. The van der Waals surface area contributed by atoms with Crippen molar-refractivity contribution in [3.05, 3.63) is 89.6 Å². The first-order valence-corrected chi connectivity index (χ1v) is 11.2. The van der Waals surface area contributed by atoms with Crippen molar-refractivity contribution in [3.63, 3.8) is 0 Å². The van der Waals surface area contributed by atoms with Crippen LogP contribution in [0.25, 0.3) is 6.08 Å². The van der Waals surface area contributed by atoms with E-state index >= 15 is 0 Å². The lowest BCUT2D eigenvalue weighted by molar-refractivity contribution is -0.130. The maximum Gasteiger partial charge on any atom is 0.246 e. The molecule has 3 aromatic rings. The molecule has 33 heavy (non-hydrogen) atoms. The Hall–Kier alpha value is -3.64. The number of amides is 2. The lowest BCUT2D eigenvalue weighted by atomic mass is 9.95. The van der Waals surface area contributed by atoms with Crippen molar-refractivity contribution in [3.8, 4) is 11.6 Å². The second kappa shape index (κ2) is 10.8. The molecule has 0 bridgehead atoms. The third-order valence-electron chi connectivity index (χ3n) is 5.44. The number of anilines is 1. The van der Waals surface area contributed by atoms with Gasteiger partial charge in [0, 0.05) is 36.2 Å². The molecule has 0 aliphatic carbocycles. The second-order valence-electron chi connectivity index (χ2n) is 7.77. The van der Waals surface area contributed by atoms with Crippen LogP contribution < -0.4 is 10.1 Å². The third-order valence-corrected chi connectivity index (χ3v) is 5.69. The van der Waals surface area contributed by atoms with Gasteiger partial charge in [-0.1, -0.05) is 41.9 Å². The number of rotatable bonds is 6. The fourth-order valence-corrected chi connectivity index (χ4v) is 3.71. The smallest absolute Gasteiger partial charge is 0.246 e. The van der Waals surface area contributed by atoms with Crippen LogP contribution in [0.15, 0.2) is 79.0 Å². The average molecular weight is 462 g/mol. The number of nitrogens with one attached hydrogen (secondary N) is 1. The summed E-state index contributed by atoms with van der Waals surface area (Å²) >= 11 is 5.87. The summed E-state index contributed by atoms with van der Waals surface area (Å²) in [4.78, 5) is 31.1. The highest BCUT2D eigenvalue weighted by Crippen LogP contribution is 2.23. The van der Waals surface area contributed by atoms with E-state index in [1.807, 2.05) is 36.4 Å². The van der Waals surface area contributed by atoms with E-state index in [9.17, 15) is 9.59 Å². The molecule has 1 saturated heterocycles. The Morgan fingerprint density at radius 1 is 1.00 bits per heavy atom. The van der Waals surface area contributed by atoms with Crippen LogP contribution in [0.4, 0.5) is 5.69 Å². The number of hydrogen-bond acceptors (Lipinski definition) is 4. The van der Waals surface area contributed by atoms with Crippen LogP contribution >= 0.6 is 11.6 Å². The van der Waals surface area contributed by atoms with Crippen molar-refractivity contribution >= 4 is 35.2 Å². The van der Waals surface area contributed by atoms with Gasteiger partial charge in [-0.3, -0.25) is 9.59 Å². The number of piperidine rings is 1. The lowest BCUT2D eigenvalue weighted by Gasteiger charge is -2.30. The summed E-state index contributed by atoms with van der Waals surface area (Å²) in [5.41, 5.74) is 1.59. The van der Waals surface area contributed by atoms with Crippen LogP contribution in [0.2, 0.25) is 5.02 Å². The summed E-state index contributed by atoms with van der Waals surface area (Å²) < 4.78 is 5.67. The fraction of sp³-hybridized carbons (Fsp3) is 0.192. The van der Waals surface area contributed by atoms with Crippen molar-refractivity contribution < 1.29 is 14.3 Å². The van der Waals surface area contributed by atoms with Gasteiger partial charge in [-0.15, -0.1) is 0 Å². The number of aromatic nitrogens is 1. The summed E-state index contributed by atoms with van der Waals surface area (Å²) in [6.07, 6.45) is 6.23. The highest BCUT2D eigenvalue weighted by atomic mass is 35.5.